The lowest BCUT2D eigenvalue weighted by Gasteiger charge is -2.18. The van der Waals surface area contributed by atoms with E-state index in [1.54, 1.807) is 35.1 Å². The Morgan fingerprint density at radius 1 is 0.824 bits per heavy atom. The van der Waals surface area contributed by atoms with Crippen LogP contribution in [0.4, 0.5) is 11.4 Å². The Labute approximate surface area is 199 Å². The van der Waals surface area contributed by atoms with E-state index in [0.717, 1.165) is 11.1 Å². The second kappa shape index (κ2) is 9.75. The maximum atomic E-state index is 13.3. The average Bonchev–Trinajstić information content (AvgIpc) is 3.24. The van der Waals surface area contributed by atoms with Crippen LogP contribution in [0.5, 0.6) is 0 Å². The summed E-state index contributed by atoms with van der Waals surface area (Å²) in [5.74, 6) is -0.359. The molecule has 0 bridgehead atoms. The van der Waals surface area contributed by atoms with Crippen molar-refractivity contribution in [3.8, 4) is 11.3 Å². The van der Waals surface area contributed by atoms with E-state index in [-0.39, 0.29) is 11.8 Å². The third-order valence-electron chi connectivity index (χ3n) is 5.30. The number of anilines is 2. The van der Waals surface area contributed by atoms with Crippen LogP contribution in [0, 0.1) is 5.41 Å². The van der Waals surface area contributed by atoms with Gasteiger partial charge in [-0.2, -0.15) is 5.10 Å². The molecule has 1 heterocycles. The van der Waals surface area contributed by atoms with Gasteiger partial charge < -0.3 is 10.6 Å². The van der Waals surface area contributed by atoms with Gasteiger partial charge in [0.25, 0.3) is 5.91 Å². The molecule has 1 aromatic heterocycles. The van der Waals surface area contributed by atoms with Crippen LogP contribution in [0.2, 0.25) is 0 Å². The number of carbonyl (C=O) groups is 2. The van der Waals surface area contributed by atoms with Crippen molar-refractivity contribution in [1.82, 2.24) is 9.78 Å². The highest BCUT2D eigenvalue weighted by Crippen LogP contribution is 2.25. The van der Waals surface area contributed by atoms with Gasteiger partial charge >= 0.3 is 0 Å². The van der Waals surface area contributed by atoms with E-state index in [1.807, 2.05) is 81.4 Å². The van der Waals surface area contributed by atoms with Crippen molar-refractivity contribution < 1.29 is 9.59 Å². The molecule has 0 aliphatic carbocycles. The predicted molar refractivity (Wildman–Crippen MR) is 136 cm³/mol. The van der Waals surface area contributed by atoms with E-state index < -0.39 is 5.41 Å². The smallest absolute Gasteiger partial charge is 0.259 e. The standard InChI is InChI=1S/C28H28N4O2/c1-28(2,3)27(34)30-23-16-10-15-22(17-23)29-26(33)24-19-32(18-20-11-6-4-7-12-20)31-25(24)21-13-8-5-9-14-21/h4-17,19H,18H2,1-3H3,(H,29,33)(H,30,34). The highest BCUT2D eigenvalue weighted by atomic mass is 16.2. The number of nitrogens with zero attached hydrogens (tertiary/aromatic N) is 2. The van der Waals surface area contributed by atoms with E-state index in [4.69, 9.17) is 5.10 Å². The number of rotatable bonds is 6. The first-order valence-electron chi connectivity index (χ1n) is 11.2. The Balaban J connectivity index is 1.60. The van der Waals surface area contributed by atoms with E-state index >= 15 is 0 Å². The van der Waals surface area contributed by atoms with Crippen LogP contribution < -0.4 is 10.6 Å². The summed E-state index contributed by atoms with van der Waals surface area (Å²) in [5.41, 5.74) is 3.76. The second-order valence-corrected chi connectivity index (χ2v) is 9.18. The van der Waals surface area contributed by atoms with Gasteiger partial charge in [0.2, 0.25) is 5.91 Å². The summed E-state index contributed by atoms with van der Waals surface area (Å²) in [7, 11) is 0. The van der Waals surface area contributed by atoms with Gasteiger partial charge in [-0.1, -0.05) is 87.5 Å². The van der Waals surface area contributed by atoms with Gasteiger partial charge in [-0.25, -0.2) is 0 Å². The van der Waals surface area contributed by atoms with Crippen molar-refractivity contribution in [2.45, 2.75) is 27.3 Å². The minimum Gasteiger partial charge on any atom is -0.326 e. The second-order valence-electron chi connectivity index (χ2n) is 9.18. The highest BCUT2D eigenvalue weighted by molar-refractivity contribution is 6.08. The van der Waals surface area contributed by atoms with Gasteiger partial charge in [-0.05, 0) is 23.8 Å². The van der Waals surface area contributed by atoms with Crippen molar-refractivity contribution in [3.63, 3.8) is 0 Å². The summed E-state index contributed by atoms with van der Waals surface area (Å²) in [6.45, 7) is 6.12. The molecule has 0 radical (unpaired) electrons. The van der Waals surface area contributed by atoms with Gasteiger partial charge in [0.1, 0.15) is 5.69 Å². The van der Waals surface area contributed by atoms with Crippen LogP contribution in [0.15, 0.2) is 91.1 Å². The first kappa shape index (κ1) is 23.0. The molecule has 0 aliphatic heterocycles. The fourth-order valence-electron chi connectivity index (χ4n) is 3.44. The summed E-state index contributed by atoms with van der Waals surface area (Å²) in [5, 5.41) is 10.6. The van der Waals surface area contributed by atoms with Crippen LogP contribution >= 0.6 is 0 Å². The maximum Gasteiger partial charge on any atom is 0.259 e. The van der Waals surface area contributed by atoms with E-state index in [9.17, 15) is 9.59 Å². The molecule has 3 aromatic carbocycles. The number of nitrogens with one attached hydrogen (secondary N) is 2. The first-order valence-corrected chi connectivity index (χ1v) is 11.2. The van der Waals surface area contributed by atoms with Crippen molar-refractivity contribution in [3.05, 3.63) is 102 Å². The molecule has 2 amide bonds. The minimum atomic E-state index is -0.517. The predicted octanol–water partition coefficient (Wildman–Crippen LogP) is 5.84. The average molecular weight is 453 g/mol. The van der Waals surface area contributed by atoms with Gasteiger partial charge in [-0.3, -0.25) is 14.3 Å². The molecule has 6 heteroatoms. The molecule has 0 fully saturated rings. The third kappa shape index (κ3) is 5.59. The topological polar surface area (TPSA) is 76.0 Å². The molecular weight excluding hydrogens is 424 g/mol. The molecule has 0 saturated heterocycles. The van der Waals surface area contributed by atoms with Crippen LogP contribution in [0.1, 0.15) is 36.7 Å². The van der Waals surface area contributed by atoms with Gasteiger partial charge in [0.15, 0.2) is 0 Å². The first-order chi connectivity index (χ1) is 16.3. The SMILES string of the molecule is CC(C)(C)C(=O)Nc1cccc(NC(=O)c2cn(Cc3ccccc3)nc2-c2ccccc2)c1. The molecule has 4 aromatic rings. The number of hydrogen-bond acceptors (Lipinski definition) is 3. The van der Waals surface area contributed by atoms with Crippen molar-refractivity contribution in [2.75, 3.05) is 10.6 Å². The molecule has 0 saturated carbocycles. The zero-order valence-electron chi connectivity index (χ0n) is 19.6. The molecule has 6 nitrogen and oxygen atoms in total. The summed E-state index contributed by atoms with van der Waals surface area (Å²) >= 11 is 0. The maximum absolute atomic E-state index is 13.3. The van der Waals surface area contributed by atoms with Gasteiger partial charge in [0, 0.05) is 28.6 Å². The highest BCUT2D eigenvalue weighted by Gasteiger charge is 2.22. The van der Waals surface area contributed by atoms with E-state index in [0.29, 0.717) is 29.2 Å². The molecule has 4 rings (SSSR count). The Bertz CT molecular complexity index is 1290. The third-order valence-corrected chi connectivity index (χ3v) is 5.30. The largest absolute Gasteiger partial charge is 0.326 e. The van der Waals surface area contributed by atoms with Crippen LogP contribution in [-0.4, -0.2) is 21.6 Å². The summed E-state index contributed by atoms with van der Waals surface area (Å²) in [6.07, 6.45) is 1.77. The normalized spacial score (nSPS) is 11.1. The van der Waals surface area contributed by atoms with Gasteiger partial charge in [-0.15, -0.1) is 0 Å². The summed E-state index contributed by atoms with van der Waals surface area (Å²) in [6, 6.07) is 26.8. The summed E-state index contributed by atoms with van der Waals surface area (Å²) in [4.78, 5) is 25.6. The summed E-state index contributed by atoms with van der Waals surface area (Å²) < 4.78 is 1.78. The molecule has 0 atom stereocenters. The number of benzene rings is 3. The molecule has 0 unspecified atom stereocenters. The molecule has 34 heavy (non-hydrogen) atoms. The monoisotopic (exact) mass is 452 g/mol. The van der Waals surface area contributed by atoms with E-state index in [2.05, 4.69) is 10.6 Å². The van der Waals surface area contributed by atoms with E-state index in [1.165, 1.54) is 0 Å². The number of carbonyl (C=O) groups excluding carboxylic acids is 2. The quantitative estimate of drug-likeness (QED) is 0.386. The lowest BCUT2D eigenvalue weighted by Crippen LogP contribution is -2.27. The van der Waals surface area contributed by atoms with Crippen molar-refractivity contribution in [1.29, 1.82) is 0 Å². The van der Waals surface area contributed by atoms with Crippen molar-refractivity contribution in [2.24, 2.45) is 5.41 Å². The van der Waals surface area contributed by atoms with Crippen LogP contribution in [-0.2, 0) is 11.3 Å². The van der Waals surface area contributed by atoms with Crippen LogP contribution in [0.25, 0.3) is 11.3 Å². The fourth-order valence-corrected chi connectivity index (χ4v) is 3.44. The Hall–Kier alpha value is -4.19. The molecule has 0 spiro atoms. The molecular formula is C28H28N4O2. The Morgan fingerprint density at radius 3 is 2.09 bits per heavy atom. The molecule has 2 N–H and O–H groups in total. The zero-order valence-corrected chi connectivity index (χ0v) is 19.6. The van der Waals surface area contributed by atoms with Crippen molar-refractivity contribution >= 4 is 23.2 Å². The number of hydrogen-bond donors (Lipinski definition) is 2. The Morgan fingerprint density at radius 2 is 1.44 bits per heavy atom. The Kier molecular flexibility index (Phi) is 6.59. The zero-order chi connectivity index (χ0) is 24.1. The molecule has 172 valence electrons. The number of amides is 2. The van der Waals surface area contributed by atoms with Crippen LogP contribution in [0.3, 0.4) is 0 Å². The van der Waals surface area contributed by atoms with Gasteiger partial charge in [0.05, 0.1) is 12.1 Å². The molecule has 0 aliphatic rings. The fraction of sp³-hybridized carbons (Fsp3) is 0.179. The lowest BCUT2D eigenvalue weighted by atomic mass is 9.95. The number of aromatic nitrogens is 2. The minimum absolute atomic E-state index is 0.0930. The lowest BCUT2D eigenvalue weighted by molar-refractivity contribution is -0.123.